The van der Waals surface area contributed by atoms with E-state index in [1.165, 1.54) is 5.69 Å². The van der Waals surface area contributed by atoms with Crippen LogP contribution in [0, 0.1) is 0 Å². The van der Waals surface area contributed by atoms with Gasteiger partial charge in [-0.1, -0.05) is 29.8 Å². The molecule has 0 bridgehead atoms. The number of anilines is 1. The first-order valence-electron chi connectivity index (χ1n) is 9.15. The molecular weight excluding hydrogens is 378 g/mol. The van der Waals surface area contributed by atoms with Gasteiger partial charge in [-0.25, -0.2) is 4.98 Å². The van der Waals surface area contributed by atoms with Crippen LogP contribution in [0.2, 0.25) is 5.02 Å². The van der Waals surface area contributed by atoms with Crippen molar-refractivity contribution in [2.45, 2.75) is 6.54 Å². The molecule has 140 valence electrons. The number of thiazole rings is 1. The predicted octanol–water partition coefficient (Wildman–Crippen LogP) is 3.38. The van der Waals surface area contributed by atoms with Crippen molar-refractivity contribution in [1.29, 1.82) is 0 Å². The minimum atomic E-state index is 0.800. The van der Waals surface area contributed by atoms with Gasteiger partial charge in [0.1, 0.15) is 23.0 Å². The third kappa shape index (κ3) is 4.26. The summed E-state index contributed by atoms with van der Waals surface area (Å²) in [4.78, 5) is 8.85. The number of aromatic nitrogens is 1. The zero-order valence-corrected chi connectivity index (χ0v) is 16.9. The van der Waals surface area contributed by atoms with Crippen LogP contribution in [0.15, 0.2) is 53.9 Å². The van der Waals surface area contributed by atoms with Crippen molar-refractivity contribution < 1.29 is 9.64 Å². The number of hydrogen-bond acceptors (Lipinski definition) is 4. The van der Waals surface area contributed by atoms with Crippen LogP contribution in [0.5, 0.6) is 5.75 Å². The maximum atomic E-state index is 6.13. The molecule has 1 N–H and O–H groups in total. The van der Waals surface area contributed by atoms with Gasteiger partial charge >= 0.3 is 0 Å². The van der Waals surface area contributed by atoms with Crippen molar-refractivity contribution in [2.24, 2.45) is 0 Å². The van der Waals surface area contributed by atoms with Crippen LogP contribution >= 0.6 is 22.9 Å². The first-order chi connectivity index (χ1) is 13.2. The number of piperazine rings is 1. The molecule has 1 aromatic heterocycles. The lowest BCUT2D eigenvalue weighted by Gasteiger charge is -2.33. The molecule has 0 spiro atoms. The molecule has 1 fully saturated rings. The van der Waals surface area contributed by atoms with Gasteiger partial charge < -0.3 is 14.5 Å². The standard InChI is InChI=1S/C21H22ClN3OS/c1-26-20-8-3-2-7-19(20)21-23-17(15-27-21)14-24-9-11-25(12-10-24)18-6-4-5-16(22)13-18/h2-8,13,15H,9-12,14H2,1H3/p+1. The van der Waals surface area contributed by atoms with Gasteiger partial charge in [0, 0.05) is 16.1 Å². The zero-order valence-electron chi connectivity index (χ0n) is 15.3. The quantitative estimate of drug-likeness (QED) is 0.712. The van der Waals surface area contributed by atoms with Gasteiger partial charge in [-0.15, -0.1) is 11.3 Å². The van der Waals surface area contributed by atoms with E-state index in [1.54, 1.807) is 23.3 Å². The van der Waals surface area contributed by atoms with Crippen molar-refractivity contribution in [3.05, 3.63) is 64.6 Å². The van der Waals surface area contributed by atoms with Crippen LogP contribution in [0.3, 0.4) is 0 Å². The molecule has 0 aliphatic carbocycles. The first-order valence-corrected chi connectivity index (χ1v) is 10.4. The van der Waals surface area contributed by atoms with Crippen LogP contribution in [-0.4, -0.2) is 38.3 Å². The Kier molecular flexibility index (Phi) is 5.62. The number of benzene rings is 2. The van der Waals surface area contributed by atoms with E-state index in [2.05, 4.69) is 22.4 Å². The fourth-order valence-electron chi connectivity index (χ4n) is 3.52. The molecule has 0 saturated carbocycles. The molecule has 1 saturated heterocycles. The topological polar surface area (TPSA) is 29.8 Å². The summed E-state index contributed by atoms with van der Waals surface area (Å²) in [7, 11) is 1.71. The average Bonchev–Trinajstić information content (AvgIpc) is 3.17. The summed E-state index contributed by atoms with van der Waals surface area (Å²) in [5.41, 5.74) is 3.44. The molecule has 0 atom stereocenters. The van der Waals surface area contributed by atoms with Crippen LogP contribution in [0.1, 0.15) is 5.69 Å². The summed E-state index contributed by atoms with van der Waals surface area (Å²) in [6, 6.07) is 16.2. The van der Waals surface area contributed by atoms with E-state index in [0.29, 0.717) is 0 Å². The van der Waals surface area contributed by atoms with E-state index in [0.717, 1.165) is 59.8 Å². The number of nitrogens with zero attached hydrogens (tertiary/aromatic N) is 2. The molecule has 3 aromatic rings. The van der Waals surface area contributed by atoms with E-state index >= 15 is 0 Å². The van der Waals surface area contributed by atoms with E-state index in [4.69, 9.17) is 21.3 Å². The van der Waals surface area contributed by atoms with Crippen molar-refractivity contribution in [3.63, 3.8) is 0 Å². The van der Waals surface area contributed by atoms with Crippen molar-refractivity contribution >= 4 is 28.6 Å². The highest BCUT2D eigenvalue weighted by molar-refractivity contribution is 7.13. The molecular formula is C21H23ClN3OS+. The minimum Gasteiger partial charge on any atom is -0.496 e. The third-order valence-electron chi connectivity index (χ3n) is 4.96. The maximum Gasteiger partial charge on any atom is 0.129 e. The smallest absolute Gasteiger partial charge is 0.129 e. The normalized spacial score (nSPS) is 15.1. The Bertz CT molecular complexity index is 906. The maximum absolute atomic E-state index is 6.13. The van der Waals surface area contributed by atoms with E-state index in [9.17, 15) is 0 Å². The first kappa shape index (κ1) is 18.3. The Balaban J connectivity index is 1.38. The summed E-state index contributed by atoms with van der Waals surface area (Å²) in [6.07, 6.45) is 0. The Labute approximate surface area is 169 Å². The highest BCUT2D eigenvalue weighted by Crippen LogP contribution is 2.31. The fourth-order valence-corrected chi connectivity index (χ4v) is 4.55. The van der Waals surface area contributed by atoms with Crippen molar-refractivity contribution in [1.82, 2.24) is 4.98 Å². The number of methoxy groups -OCH3 is 1. The summed E-state index contributed by atoms with van der Waals surface area (Å²) in [5.74, 6) is 0.876. The van der Waals surface area contributed by atoms with Crippen molar-refractivity contribution in [3.8, 4) is 16.3 Å². The summed E-state index contributed by atoms with van der Waals surface area (Å²) in [6.45, 7) is 5.26. The molecule has 4 rings (SSSR count). The van der Waals surface area contributed by atoms with Gasteiger partial charge in [0.25, 0.3) is 0 Å². The number of quaternary nitrogens is 1. The second kappa shape index (κ2) is 8.30. The minimum absolute atomic E-state index is 0.800. The van der Waals surface area contributed by atoms with Gasteiger partial charge in [0.2, 0.25) is 0 Å². The lowest BCUT2D eigenvalue weighted by atomic mass is 10.2. The van der Waals surface area contributed by atoms with Gasteiger partial charge in [-0.05, 0) is 30.3 Å². The third-order valence-corrected chi connectivity index (χ3v) is 6.12. The molecule has 27 heavy (non-hydrogen) atoms. The predicted molar refractivity (Wildman–Crippen MR) is 112 cm³/mol. The molecule has 1 aliphatic heterocycles. The summed E-state index contributed by atoms with van der Waals surface area (Å²) < 4.78 is 5.47. The molecule has 6 heteroatoms. The van der Waals surface area contributed by atoms with E-state index in [-0.39, 0.29) is 0 Å². The Morgan fingerprint density at radius 3 is 2.74 bits per heavy atom. The van der Waals surface area contributed by atoms with Gasteiger partial charge in [0.15, 0.2) is 0 Å². The summed E-state index contributed by atoms with van der Waals surface area (Å²) >= 11 is 7.82. The monoisotopic (exact) mass is 400 g/mol. The number of nitrogens with one attached hydrogen (secondary N) is 1. The van der Waals surface area contributed by atoms with Crippen LogP contribution < -0.4 is 14.5 Å². The molecule has 2 aromatic carbocycles. The Hall–Kier alpha value is -2.08. The van der Waals surface area contributed by atoms with Crippen LogP contribution in [0.25, 0.3) is 10.6 Å². The average molecular weight is 401 g/mol. The Morgan fingerprint density at radius 2 is 1.96 bits per heavy atom. The van der Waals surface area contributed by atoms with Crippen molar-refractivity contribution in [2.75, 3.05) is 38.2 Å². The number of hydrogen-bond donors (Lipinski definition) is 1. The molecule has 2 heterocycles. The highest BCUT2D eigenvalue weighted by Gasteiger charge is 2.21. The summed E-state index contributed by atoms with van der Waals surface area (Å²) in [5, 5.41) is 4.01. The Morgan fingerprint density at radius 1 is 1.15 bits per heavy atom. The van der Waals surface area contributed by atoms with Crippen LogP contribution in [-0.2, 0) is 6.54 Å². The number of halogens is 1. The molecule has 0 unspecified atom stereocenters. The van der Waals surface area contributed by atoms with Crippen LogP contribution in [0.4, 0.5) is 5.69 Å². The molecule has 1 aliphatic rings. The second-order valence-corrected chi connectivity index (χ2v) is 8.03. The SMILES string of the molecule is COc1ccccc1-c1nc(C[NH+]2CCN(c3cccc(Cl)c3)CC2)cs1. The second-order valence-electron chi connectivity index (χ2n) is 6.74. The van der Waals surface area contributed by atoms with E-state index in [1.807, 2.05) is 36.4 Å². The zero-order chi connectivity index (χ0) is 18.6. The molecule has 0 amide bonds. The molecule has 4 nitrogen and oxygen atoms in total. The fraction of sp³-hybridized carbons (Fsp3) is 0.286. The number of para-hydroxylation sites is 1. The molecule has 0 radical (unpaired) electrons. The lowest BCUT2D eigenvalue weighted by Crippen LogP contribution is -3.13. The lowest BCUT2D eigenvalue weighted by molar-refractivity contribution is -0.914. The van der Waals surface area contributed by atoms with Gasteiger partial charge in [0.05, 0.1) is 38.9 Å². The number of ether oxygens (including phenoxy) is 1. The number of rotatable bonds is 5. The van der Waals surface area contributed by atoms with Gasteiger partial charge in [-0.3, -0.25) is 0 Å². The van der Waals surface area contributed by atoms with E-state index < -0.39 is 0 Å². The van der Waals surface area contributed by atoms with Gasteiger partial charge in [-0.2, -0.15) is 0 Å². The largest absolute Gasteiger partial charge is 0.496 e. The highest BCUT2D eigenvalue weighted by atomic mass is 35.5.